The van der Waals surface area contributed by atoms with E-state index < -0.39 is 6.17 Å². The normalized spacial score (nSPS) is 16.7. The molecule has 1 N–H and O–H groups in total. The number of carbonyl (C=O) groups excluding carboxylic acids is 2. The summed E-state index contributed by atoms with van der Waals surface area (Å²) in [5.41, 5.74) is 3.32. The Kier molecular flexibility index (Phi) is 8.60. The zero-order valence-electron chi connectivity index (χ0n) is 19.5. The number of para-hydroxylation sites is 1. The standard InChI is InChI=1S/C27H35N3O2/c1-4-6-7-9-17-21(14-5-2)26(31)29-25-27(32)30(3)23-19-13-12-18-22(23)24(28-25)20-15-10-8-11-16-20/h8,10-13,15-16,18-19,21,25H,4-7,9,14,17H2,1-3H3,(H,29,31)/t21?,25-/m1/s1. The fraction of sp³-hybridized carbons (Fsp3) is 0.444. The number of hydrogen-bond acceptors (Lipinski definition) is 3. The molecule has 0 saturated heterocycles. The highest BCUT2D eigenvalue weighted by Gasteiger charge is 2.32. The zero-order valence-corrected chi connectivity index (χ0v) is 19.5. The van der Waals surface area contributed by atoms with Gasteiger partial charge in [-0.15, -0.1) is 0 Å². The minimum Gasteiger partial charge on any atom is -0.326 e. The SMILES string of the molecule is CCCCCCC(CCC)C(=O)N[C@H]1N=C(c2ccccc2)c2ccccc2N(C)C1=O. The molecule has 2 amide bonds. The summed E-state index contributed by atoms with van der Waals surface area (Å²) in [6, 6.07) is 17.6. The second-order valence-electron chi connectivity index (χ2n) is 8.50. The number of nitrogens with one attached hydrogen (secondary N) is 1. The minimum atomic E-state index is -0.940. The molecule has 32 heavy (non-hydrogen) atoms. The van der Waals surface area contributed by atoms with Crippen LogP contribution in [0.25, 0.3) is 0 Å². The average molecular weight is 434 g/mol. The average Bonchev–Trinajstić information content (AvgIpc) is 2.92. The van der Waals surface area contributed by atoms with Crippen molar-refractivity contribution in [2.75, 3.05) is 11.9 Å². The largest absolute Gasteiger partial charge is 0.326 e. The Labute approximate surface area is 191 Å². The Hall–Kier alpha value is -2.95. The molecule has 0 spiro atoms. The monoisotopic (exact) mass is 433 g/mol. The minimum absolute atomic E-state index is 0.0720. The molecular weight excluding hydrogens is 398 g/mol. The third-order valence-corrected chi connectivity index (χ3v) is 6.08. The van der Waals surface area contributed by atoms with Gasteiger partial charge in [-0.25, -0.2) is 4.99 Å². The second-order valence-corrected chi connectivity index (χ2v) is 8.50. The third kappa shape index (κ3) is 5.64. The van der Waals surface area contributed by atoms with Gasteiger partial charge in [-0.05, 0) is 18.9 Å². The Bertz CT molecular complexity index is 939. The Morgan fingerprint density at radius 3 is 2.41 bits per heavy atom. The van der Waals surface area contributed by atoms with Crippen LogP contribution in [0, 0.1) is 5.92 Å². The van der Waals surface area contributed by atoms with Crippen LogP contribution in [0.1, 0.15) is 69.9 Å². The molecule has 2 atom stereocenters. The summed E-state index contributed by atoms with van der Waals surface area (Å²) in [5, 5.41) is 2.98. The Balaban J connectivity index is 1.89. The van der Waals surface area contributed by atoms with Crippen molar-refractivity contribution < 1.29 is 9.59 Å². The van der Waals surface area contributed by atoms with Gasteiger partial charge in [-0.3, -0.25) is 9.59 Å². The summed E-state index contributed by atoms with van der Waals surface area (Å²) < 4.78 is 0. The number of aliphatic imine (C=N–C) groups is 1. The quantitative estimate of drug-likeness (QED) is 0.515. The van der Waals surface area contributed by atoms with Crippen LogP contribution >= 0.6 is 0 Å². The number of amides is 2. The molecule has 1 aliphatic heterocycles. The van der Waals surface area contributed by atoms with Crippen LogP contribution in [-0.2, 0) is 9.59 Å². The molecule has 1 heterocycles. The molecule has 0 saturated carbocycles. The van der Waals surface area contributed by atoms with Gasteiger partial charge in [0.1, 0.15) is 0 Å². The highest BCUT2D eigenvalue weighted by atomic mass is 16.2. The number of likely N-dealkylation sites (N-methyl/N-ethyl adjacent to an activating group) is 1. The molecule has 5 heteroatoms. The van der Waals surface area contributed by atoms with Crippen LogP contribution in [-0.4, -0.2) is 30.7 Å². The molecule has 0 fully saturated rings. The maximum Gasteiger partial charge on any atom is 0.272 e. The molecule has 170 valence electrons. The number of benzodiazepines with no additional fused rings is 1. The van der Waals surface area contributed by atoms with Crippen molar-refractivity contribution in [1.29, 1.82) is 0 Å². The highest BCUT2D eigenvalue weighted by molar-refractivity contribution is 6.20. The number of rotatable bonds is 10. The molecule has 1 aliphatic rings. The van der Waals surface area contributed by atoms with Crippen molar-refractivity contribution in [3.05, 3.63) is 65.7 Å². The summed E-state index contributed by atoms with van der Waals surface area (Å²) >= 11 is 0. The third-order valence-electron chi connectivity index (χ3n) is 6.08. The van der Waals surface area contributed by atoms with E-state index in [1.807, 2.05) is 54.6 Å². The Morgan fingerprint density at radius 2 is 1.69 bits per heavy atom. The number of hydrogen-bond donors (Lipinski definition) is 1. The van der Waals surface area contributed by atoms with Crippen LogP contribution in [0.2, 0.25) is 0 Å². The van der Waals surface area contributed by atoms with E-state index >= 15 is 0 Å². The fourth-order valence-electron chi connectivity index (χ4n) is 4.27. The van der Waals surface area contributed by atoms with E-state index in [1.54, 1.807) is 11.9 Å². The maximum atomic E-state index is 13.3. The fourth-order valence-corrected chi connectivity index (χ4v) is 4.27. The summed E-state index contributed by atoms with van der Waals surface area (Å²) in [5.74, 6) is -0.383. The lowest BCUT2D eigenvalue weighted by Crippen LogP contribution is -2.47. The number of anilines is 1. The topological polar surface area (TPSA) is 61.8 Å². The molecule has 5 nitrogen and oxygen atoms in total. The summed E-state index contributed by atoms with van der Waals surface area (Å²) in [4.78, 5) is 32.9. The molecule has 0 radical (unpaired) electrons. The van der Waals surface area contributed by atoms with E-state index in [9.17, 15) is 9.59 Å². The lowest BCUT2D eigenvalue weighted by Gasteiger charge is -2.23. The van der Waals surface area contributed by atoms with Gasteiger partial charge in [0.25, 0.3) is 5.91 Å². The van der Waals surface area contributed by atoms with Gasteiger partial charge >= 0.3 is 0 Å². The number of carbonyl (C=O) groups is 2. The molecule has 0 aromatic heterocycles. The van der Waals surface area contributed by atoms with Crippen molar-refractivity contribution in [3.8, 4) is 0 Å². The first-order valence-electron chi connectivity index (χ1n) is 11.9. The van der Waals surface area contributed by atoms with Gasteiger partial charge in [-0.2, -0.15) is 0 Å². The first kappa shape index (κ1) is 23.7. The first-order chi connectivity index (χ1) is 15.6. The Morgan fingerprint density at radius 1 is 0.969 bits per heavy atom. The number of benzene rings is 2. The van der Waals surface area contributed by atoms with Gasteiger partial charge in [0, 0.05) is 24.1 Å². The lowest BCUT2D eigenvalue weighted by molar-refractivity contribution is -0.130. The van der Waals surface area contributed by atoms with E-state index in [2.05, 4.69) is 19.2 Å². The molecule has 1 unspecified atom stereocenters. The van der Waals surface area contributed by atoms with Crippen molar-refractivity contribution in [3.63, 3.8) is 0 Å². The maximum absolute atomic E-state index is 13.3. The predicted molar refractivity (Wildman–Crippen MR) is 131 cm³/mol. The molecule has 0 bridgehead atoms. The lowest BCUT2D eigenvalue weighted by atomic mass is 9.95. The number of unbranched alkanes of at least 4 members (excludes halogenated alkanes) is 3. The van der Waals surface area contributed by atoms with Crippen LogP contribution in [0.4, 0.5) is 5.69 Å². The molecular formula is C27H35N3O2. The molecule has 0 aliphatic carbocycles. The van der Waals surface area contributed by atoms with E-state index in [-0.39, 0.29) is 17.7 Å². The van der Waals surface area contributed by atoms with Crippen LogP contribution < -0.4 is 10.2 Å². The number of fused-ring (bicyclic) bond motifs is 1. The summed E-state index contributed by atoms with van der Waals surface area (Å²) in [7, 11) is 1.75. The first-order valence-corrected chi connectivity index (χ1v) is 11.9. The van der Waals surface area contributed by atoms with Gasteiger partial charge in [-0.1, -0.05) is 94.5 Å². The number of nitrogens with zero attached hydrogens (tertiary/aromatic N) is 2. The zero-order chi connectivity index (χ0) is 22.9. The second kappa shape index (κ2) is 11.6. The van der Waals surface area contributed by atoms with Crippen molar-refractivity contribution in [2.45, 2.75) is 65.0 Å². The van der Waals surface area contributed by atoms with Crippen LogP contribution in [0.3, 0.4) is 0 Å². The molecule has 3 rings (SSSR count). The van der Waals surface area contributed by atoms with E-state index in [0.717, 1.165) is 54.6 Å². The smallest absolute Gasteiger partial charge is 0.272 e. The predicted octanol–water partition coefficient (Wildman–Crippen LogP) is 5.33. The van der Waals surface area contributed by atoms with E-state index in [4.69, 9.17) is 4.99 Å². The summed E-state index contributed by atoms with van der Waals surface area (Å²) in [6.45, 7) is 4.28. The van der Waals surface area contributed by atoms with Crippen molar-refractivity contribution in [1.82, 2.24) is 5.32 Å². The van der Waals surface area contributed by atoms with Gasteiger partial charge in [0.05, 0.1) is 11.4 Å². The molecule has 2 aromatic rings. The van der Waals surface area contributed by atoms with Gasteiger partial charge in [0.2, 0.25) is 12.1 Å². The van der Waals surface area contributed by atoms with Crippen molar-refractivity contribution in [2.24, 2.45) is 10.9 Å². The molecule has 2 aromatic carbocycles. The van der Waals surface area contributed by atoms with E-state index in [0.29, 0.717) is 0 Å². The summed E-state index contributed by atoms with van der Waals surface area (Å²) in [6.07, 6.45) is 6.21. The highest BCUT2D eigenvalue weighted by Crippen LogP contribution is 2.27. The van der Waals surface area contributed by atoms with Gasteiger partial charge in [0.15, 0.2) is 0 Å². The van der Waals surface area contributed by atoms with Gasteiger partial charge < -0.3 is 10.2 Å². The van der Waals surface area contributed by atoms with Crippen molar-refractivity contribution >= 4 is 23.2 Å². The van der Waals surface area contributed by atoms with E-state index in [1.165, 1.54) is 12.8 Å². The van der Waals surface area contributed by atoms with Crippen LogP contribution in [0.15, 0.2) is 59.6 Å². The van der Waals surface area contributed by atoms with Crippen LogP contribution in [0.5, 0.6) is 0 Å².